The molecule has 0 aliphatic rings. The third-order valence-electron chi connectivity index (χ3n) is 5.75. The minimum Gasteiger partial charge on any atom is -0.494 e. The van der Waals surface area contributed by atoms with Gasteiger partial charge in [-0.05, 0) is 73.3 Å². The molecule has 0 radical (unpaired) electrons. The maximum absolute atomic E-state index is 11.8. The van der Waals surface area contributed by atoms with E-state index >= 15 is 0 Å². The number of hydrogen-bond acceptors (Lipinski definition) is 4. The molecule has 0 saturated heterocycles. The predicted octanol–water partition coefficient (Wildman–Crippen LogP) is 4.67. The summed E-state index contributed by atoms with van der Waals surface area (Å²) in [5.74, 6) is 0.825. The summed E-state index contributed by atoms with van der Waals surface area (Å²) in [6.07, 6.45) is 6.66. The van der Waals surface area contributed by atoms with E-state index in [4.69, 9.17) is 4.74 Å². The summed E-state index contributed by atoms with van der Waals surface area (Å²) in [5.41, 5.74) is 3.51. The van der Waals surface area contributed by atoms with Gasteiger partial charge in [-0.2, -0.15) is 0 Å². The van der Waals surface area contributed by atoms with Gasteiger partial charge in [-0.3, -0.25) is 9.78 Å². The van der Waals surface area contributed by atoms with Gasteiger partial charge in [0.15, 0.2) is 0 Å². The number of pyridine rings is 2. The fourth-order valence-electron chi connectivity index (χ4n) is 3.93. The van der Waals surface area contributed by atoms with Crippen LogP contribution in [0, 0.1) is 0 Å². The summed E-state index contributed by atoms with van der Waals surface area (Å²) < 4.78 is 7.61. The molecule has 0 spiro atoms. The Morgan fingerprint density at radius 3 is 2.62 bits per heavy atom. The lowest BCUT2D eigenvalue weighted by atomic mass is 9.99. The smallest absolute Gasteiger partial charge is 0.250 e. The van der Waals surface area contributed by atoms with Gasteiger partial charge in [-0.1, -0.05) is 30.3 Å². The number of rotatable bonds is 10. The van der Waals surface area contributed by atoms with Crippen LogP contribution in [0.5, 0.6) is 5.75 Å². The number of aromatic nitrogens is 2. The molecule has 0 aliphatic carbocycles. The molecule has 1 atom stereocenters. The van der Waals surface area contributed by atoms with Crippen LogP contribution in [0.25, 0.3) is 10.9 Å². The first-order valence-electron chi connectivity index (χ1n) is 11.1. The summed E-state index contributed by atoms with van der Waals surface area (Å²) in [7, 11) is 1.79. The van der Waals surface area contributed by atoms with Gasteiger partial charge in [-0.25, -0.2) is 0 Å². The van der Waals surface area contributed by atoms with Gasteiger partial charge in [0.05, 0.1) is 12.1 Å². The molecule has 0 bridgehead atoms. The maximum Gasteiger partial charge on any atom is 0.250 e. The van der Waals surface area contributed by atoms with Crippen molar-refractivity contribution in [2.75, 3.05) is 13.2 Å². The monoisotopic (exact) mass is 427 g/mol. The number of benzene rings is 2. The molecule has 0 saturated carbocycles. The number of fused-ring (bicyclic) bond motifs is 1. The molecule has 2 aromatic heterocycles. The van der Waals surface area contributed by atoms with E-state index in [0.717, 1.165) is 42.5 Å². The number of aryl methyl sites for hydroxylation is 2. The van der Waals surface area contributed by atoms with Crippen LogP contribution >= 0.6 is 0 Å². The molecule has 1 N–H and O–H groups in total. The molecule has 2 aromatic carbocycles. The molecular weight excluding hydrogens is 398 g/mol. The highest BCUT2D eigenvalue weighted by Gasteiger charge is 2.11. The van der Waals surface area contributed by atoms with Crippen LogP contribution in [0.15, 0.2) is 90.0 Å². The molecule has 4 aromatic rings. The Kier molecular flexibility index (Phi) is 7.31. The van der Waals surface area contributed by atoms with Crippen molar-refractivity contribution in [3.63, 3.8) is 0 Å². The molecule has 1 unspecified atom stereocenters. The second-order valence-electron chi connectivity index (χ2n) is 7.96. The quantitative estimate of drug-likeness (QED) is 0.374. The molecule has 5 nitrogen and oxygen atoms in total. The topological polar surface area (TPSA) is 56.1 Å². The first-order valence-corrected chi connectivity index (χ1v) is 11.1. The molecule has 32 heavy (non-hydrogen) atoms. The van der Waals surface area contributed by atoms with Crippen LogP contribution in [-0.2, 0) is 13.5 Å². The summed E-state index contributed by atoms with van der Waals surface area (Å²) >= 11 is 0. The van der Waals surface area contributed by atoms with E-state index in [2.05, 4.69) is 52.8 Å². The Hall–Kier alpha value is -3.44. The summed E-state index contributed by atoms with van der Waals surface area (Å²) in [4.78, 5) is 15.9. The predicted molar refractivity (Wildman–Crippen MR) is 129 cm³/mol. The van der Waals surface area contributed by atoms with Crippen molar-refractivity contribution in [2.45, 2.75) is 25.3 Å². The van der Waals surface area contributed by atoms with Crippen LogP contribution in [0.3, 0.4) is 0 Å². The van der Waals surface area contributed by atoms with E-state index < -0.39 is 0 Å². The van der Waals surface area contributed by atoms with Crippen molar-refractivity contribution in [3.8, 4) is 5.75 Å². The van der Waals surface area contributed by atoms with Gasteiger partial charge in [0, 0.05) is 36.9 Å². The van der Waals surface area contributed by atoms with E-state index in [-0.39, 0.29) is 11.6 Å². The number of hydrogen-bond donors (Lipinski definition) is 1. The standard InChI is InChI=1S/C27H29N3O2/c1-30-26-12-10-24(20-23(26)9-13-27(30)31)32-19-5-16-29-25(22-14-17-28-18-15-22)11-8-21-6-3-2-4-7-21/h2-4,6-7,9-10,12-15,17-18,20,25,29H,5,8,11,16,19H2,1H3. The lowest BCUT2D eigenvalue weighted by molar-refractivity contribution is 0.304. The Bertz CT molecular complexity index is 1190. The second kappa shape index (κ2) is 10.7. The van der Waals surface area contributed by atoms with Crippen molar-refractivity contribution in [2.24, 2.45) is 7.05 Å². The van der Waals surface area contributed by atoms with Crippen LogP contribution < -0.4 is 15.6 Å². The highest BCUT2D eigenvalue weighted by molar-refractivity contribution is 5.80. The summed E-state index contributed by atoms with van der Waals surface area (Å²) in [6, 6.07) is 24.3. The van der Waals surface area contributed by atoms with Crippen molar-refractivity contribution < 1.29 is 4.74 Å². The lowest BCUT2D eigenvalue weighted by Crippen LogP contribution is -2.24. The first-order chi connectivity index (χ1) is 15.7. The van der Waals surface area contributed by atoms with Gasteiger partial charge in [0.1, 0.15) is 5.75 Å². The molecule has 0 fully saturated rings. The lowest BCUT2D eigenvalue weighted by Gasteiger charge is -2.19. The maximum atomic E-state index is 11.8. The number of ether oxygens (including phenoxy) is 1. The van der Waals surface area contributed by atoms with E-state index in [1.165, 1.54) is 11.1 Å². The van der Waals surface area contributed by atoms with Crippen molar-refractivity contribution in [1.82, 2.24) is 14.9 Å². The normalized spacial score (nSPS) is 12.0. The van der Waals surface area contributed by atoms with E-state index in [9.17, 15) is 4.79 Å². The summed E-state index contributed by atoms with van der Waals surface area (Å²) in [5, 5.41) is 4.69. The first kappa shape index (κ1) is 21.8. The van der Waals surface area contributed by atoms with Crippen molar-refractivity contribution in [3.05, 3.63) is 107 Å². The Morgan fingerprint density at radius 2 is 1.81 bits per heavy atom. The Morgan fingerprint density at radius 1 is 1.00 bits per heavy atom. The summed E-state index contributed by atoms with van der Waals surface area (Å²) in [6.45, 7) is 1.50. The highest BCUT2D eigenvalue weighted by atomic mass is 16.5. The second-order valence-corrected chi connectivity index (χ2v) is 7.96. The molecule has 164 valence electrons. The Labute approximate surface area is 188 Å². The van der Waals surface area contributed by atoms with Crippen molar-refractivity contribution in [1.29, 1.82) is 0 Å². The molecule has 0 aliphatic heterocycles. The molecular formula is C27H29N3O2. The van der Waals surface area contributed by atoms with E-state index in [1.54, 1.807) is 17.7 Å². The molecule has 5 heteroatoms. The molecule has 4 rings (SSSR count). The third kappa shape index (κ3) is 5.62. The van der Waals surface area contributed by atoms with E-state index in [1.807, 2.05) is 36.7 Å². The molecule has 0 amide bonds. The number of nitrogens with zero attached hydrogens (tertiary/aromatic N) is 2. The van der Waals surface area contributed by atoms with Crippen molar-refractivity contribution >= 4 is 10.9 Å². The van der Waals surface area contributed by atoms with Gasteiger partial charge in [0.2, 0.25) is 0 Å². The zero-order valence-corrected chi connectivity index (χ0v) is 18.4. The van der Waals surface area contributed by atoms with E-state index in [0.29, 0.717) is 6.61 Å². The van der Waals surface area contributed by atoms with Gasteiger partial charge in [0.25, 0.3) is 5.56 Å². The van der Waals surface area contributed by atoms with Crippen LogP contribution in [0.4, 0.5) is 0 Å². The average Bonchev–Trinajstić information content (AvgIpc) is 2.84. The average molecular weight is 428 g/mol. The van der Waals surface area contributed by atoms with Crippen LogP contribution in [-0.4, -0.2) is 22.7 Å². The Balaban J connectivity index is 1.29. The minimum absolute atomic E-state index is 0.00624. The number of nitrogens with one attached hydrogen (secondary N) is 1. The zero-order chi connectivity index (χ0) is 22.2. The fraction of sp³-hybridized carbons (Fsp3) is 0.259. The fourth-order valence-corrected chi connectivity index (χ4v) is 3.93. The molecule has 2 heterocycles. The largest absolute Gasteiger partial charge is 0.494 e. The van der Waals surface area contributed by atoms with Gasteiger partial charge >= 0.3 is 0 Å². The highest BCUT2D eigenvalue weighted by Crippen LogP contribution is 2.20. The third-order valence-corrected chi connectivity index (χ3v) is 5.75. The zero-order valence-electron chi connectivity index (χ0n) is 18.4. The minimum atomic E-state index is -0.00624. The van der Waals surface area contributed by atoms with Crippen LogP contribution in [0.2, 0.25) is 0 Å². The SMILES string of the molecule is Cn1c(=O)ccc2cc(OCCCNC(CCc3ccccc3)c3ccncc3)ccc21. The van der Waals surface area contributed by atoms with Gasteiger partial charge < -0.3 is 14.6 Å². The van der Waals surface area contributed by atoms with Crippen LogP contribution in [0.1, 0.15) is 30.0 Å². The van der Waals surface area contributed by atoms with Gasteiger partial charge in [-0.15, -0.1) is 0 Å².